The van der Waals surface area contributed by atoms with E-state index in [1.807, 2.05) is 0 Å². The van der Waals surface area contributed by atoms with E-state index in [1.54, 1.807) is 0 Å². The van der Waals surface area contributed by atoms with Crippen molar-refractivity contribution in [1.29, 1.82) is 0 Å². The number of halogens is 1. The first kappa shape index (κ1) is 19.1. The Labute approximate surface area is 128 Å². The van der Waals surface area contributed by atoms with Crippen molar-refractivity contribution >= 4 is 11.6 Å². The van der Waals surface area contributed by atoms with E-state index >= 15 is 0 Å². The minimum Gasteiger partial charge on any atom is -0.391 e. The second kappa shape index (κ2) is 13.1. The third kappa shape index (κ3) is 10.9. The summed E-state index contributed by atoms with van der Waals surface area (Å²) in [5, 5.41) is 18.7. The van der Waals surface area contributed by atoms with Gasteiger partial charge in [-0.05, 0) is 18.3 Å². The van der Waals surface area contributed by atoms with Gasteiger partial charge in [0.2, 0.25) is 0 Å². The van der Waals surface area contributed by atoms with Crippen LogP contribution in [0.4, 0.5) is 0 Å². The molecule has 0 amide bonds. The van der Waals surface area contributed by atoms with Crippen LogP contribution in [0.5, 0.6) is 0 Å². The van der Waals surface area contributed by atoms with Gasteiger partial charge in [0.1, 0.15) is 6.10 Å². The van der Waals surface area contributed by atoms with Crippen molar-refractivity contribution in [2.24, 2.45) is 0 Å². The van der Waals surface area contributed by atoms with Crippen molar-refractivity contribution in [3.8, 4) is 23.7 Å². The molecule has 0 saturated carbocycles. The van der Waals surface area contributed by atoms with Gasteiger partial charge in [-0.3, -0.25) is 0 Å². The molecule has 112 valence electrons. The Hall–Kier alpha value is -0.930. The Balaban J connectivity index is 3.84. The Bertz CT molecular complexity index is 370. The summed E-state index contributed by atoms with van der Waals surface area (Å²) in [6.07, 6.45) is 6.91. The molecule has 0 radical (unpaired) electrons. The first-order valence-electron chi connectivity index (χ1n) is 7.23. The van der Waals surface area contributed by atoms with Gasteiger partial charge in [0, 0.05) is 6.42 Å². The van der Waals surface area contributed by atoms with Gasteiger partial charge in [0.25, 0.3) is 0 Å². The zero-order chi connectivity index (χ0) is 15.2. The molecule has 0 saturated heterocycles. The number of hydrogen-bond donors (Lipinski definition) is 2. The number of rotatable bonds is 9. The summed E-state index contributed by atoms with van der Waals surface area (Å²) in [6.45, 7) is 5.58. The van der Waals surface area contributed by atoms with Gasteiger partial charge in [0.15, 0.2) is 0 Å². The van der Waals surface area contributed by atoms with Gasteiger partial charge < -0.3 is 10.2 Å². The average molecular weight is 297 g/mol. The molecular formula is C17H25ClO2. The second-order valence-electron chi connectivity index (χ2n) is 4.74. The normalized spacial score (nSPS) is 14.2. The lowest BCUT2D eigenvalue weighted by atomic mass is 10.1. The predicted molar refractivity (Wildman–Crippen MR) is 85.4 cm³/mol. The first-order chi connectivity index (χ1) is 9.61. The highest BCUT2D eigenvalue weighted by Crippen LogP contribution is 2.15. The SMILES string of the molecule is C=C[C@H](O)C#CC#CC[C@@H](O)[C@@H](Cl)CCCCCCC. The minimum absolute atomic E-state index is 0.252. The van der Waals surface area contributed by atoms with Crippen LogP contribution in [-0.2, 0) is 0 Å². The third-order valence-electron chi connectivity index (χ3n) is 2.91. The highest BCUT2D eigenvalue weighted by Gasteiger charge is 2.14. The van der Waals surface area contributed by atoms with E-state index in [9.17, 15) is 5.11 Å². The standard InChI is InChI=1S/C17H25ClO2/c1-3-5-6-7-10-13-16(18)17(20)14-11-8-9-12-15(19)4-2/h4,15-17,19-20H,2-3,5-7,10,13-14H2,1H3/t15-,16-,17+/m0/s1. The lowest BCUT2D eigenvalue weighted by molar-refractivity contribution is 0.170. The van der Waals surface area contributed by atoms with E-state index in [2.05, 4.69) is 37.2 Å². The molecule has 0 aromatic heterocycles. The molecule has 0 aliphatic carbocycles. The molecule has 0 bridgehead atoms. The molecule has 0 aromatic carbocycles. The number of aliphatic hydroxyl groups excluding tert-OH is 2. The average Bonchev–Trinajstić information content (AvgIpc) is 2.45. The Morgan fingerprint density at radius 1 is 1.15 bits per heavy atom. The van der Waals surface area contributed by atoms with Crippen LogP contribution in [0.1, 0.15) is 51.9 Å². The van der Waals surface area contributed by atoms with Gasteiger partial charge in [0.05, 0.1) is 11.5 Å². The van der Waals surface area contributed by atoms with E-state index in [0.717, 1.165) is 12.8 Å². The molecule has 3 heteroatoms. The maximum absolute atomic E-state index is 9.83. The molecule has 0 fully saturated rings. The highest BCUT2D eigenvalue weighted by molar-refractivity contribution is 6.21. The molecule has 20 heavy (non-hydrogen) atoms. The summed E-state index contributed by atoms with van der Waals surface area (Å²) < 4.78 is 0. The summed E-state index contributed by atoms with van der Waals surface area (Å²) in [4.78, 5) is 0. The van der Waals surface area contributed by atoms with E-state index < -0.39 is 12.2 Å². The van der Waals surface area contributed by atoms with Crippen molar-refractivity contribution in [1.82, 2.24) is 0 Å². The molecule has 2 N–H and O–H groups in total. The molecule has 0 unspecified atom stereocenters. The number of aliphatic hydroxyl groups is 2. The second-order valence-corrected chi connectivity index (χ2v) is 5.30. The van der Waals surface area contributed by atoms with Gasteiger partial charge in [-0.15, -0.1) is 11.6 Å². The van der Waals surface area contributed by atoms with Crippen molar-refractivity contribution in [2.45, 2.75) is 69.5 Å². The molecule has 0 aliphatic heterocycles. The van der Waals surface area contributed by atoms with Crippen LogP contribution < -0.4 is 0 Å². The summed E-state index contributed by atoms with van der Waals surface area (Å²) in [5.74, 6) is 10.3. The number of alkyl halides is 1. The van der Waals surface area contributed by atoms with E-state index in [0.29, 0.717) is 6.42 Å². The van der Waals surface area contributed by atoms with Gasteiger partial charge in [-0.25, -0.2) is 0 Å². The molecule has 0 aromatic rings. The lowest BCUT2D eigenvalue weighted by Crippen LogP contribution is -2.20. The van der Waals surface area contributed by atoms with Crippen molar-refractivity contribution in [3.63, 3.8) is 0 Å². The Kier molecular flexibility index (Phi) is 12.5. The first-order valence-corrected chi connectivity index (χ1v) is 7.66. The van der Waals surface area contributed by atoms with Crippen molar-refractivity contribution in [2.75, 3.05) is 0 Å². The third-order valence-corrected chi connectivity index (χ3v) is 3.42. The zero-order valence-corrected chi connectivity index (χ0v) is 13.0. The number of hydrogen-bond acceptors (Lipinski definition) is 2. The van der Waals surface area contributed by atoms with Crippen molar-refractivity contribution < 1.29 is 10.2 Å². The van der Waals surface area contributed by atoms with E-state index in [1.165, 1.54) is 31.8 Å². The van der Waals surface area contributed by atoms with Crippen molar-refractivity contribution in [3.05, 3.63) is 12.7 Å². The van der Waals surface area contributed by atoms with Gasteiger partial charge in [-0.2, -0.15) is 0 Å². The highest BCUT2D eigenvalue weighted by atomic mass is 35.5. The Morgan fingerprint density at radius 2 is 1.85 bits per heavy atom. The maximum atomic E-state index is 9.83. The minimum atomic E-state index is -0.849. The fourth-order valence-corrected chi connectivity index (χ4v) is 1.88. The van der Waals surface area contributed by atoms with E-state index in [4.69, 9.17) is 16.7 Å². The summed E-state index contributed by atoms with van der Waals surface area (Å²) >= 11 is 6.12. The fourth-order valence-electron chi connectivity index (χ4n) is 1.63. The molecule has 3 atom stereocenters. The maximum Gasteiger partial charge on any atom is 0.134 e. The largest absolute Gasteiger partial charge is 0.391 e. The summed E-state index contributed by atoms with van der Waals surface area (Å²) in [7, 11) is 0. The predicted octanol–water partition coefficient (Wildman–Crippen LogP) is 3.26. The molecule has 0 aliphatic rings. The molecule has 2 nitrogen and oxygen atoms in total. The van der Waals surface area contributed by atoms with Gasteiger partial charge in [-0.1, -0.05) is 63.5 Å². The number of unbranched alkanes of at least 4 members (excludes halogenated alkanes) is 4. The zero-order valence-electron chi connectivity index (χ0n) is 12.2. The van der Waals surface area contributed by atoms with Crippen LogP contribution >= 0.6 is 11.6 Å². The van der Waals surface area contributed by atoms with Crippen LogP contribution in [0, 0.1) is 23.7 Å². The molecule has 0 heterocycles. The summed E-state index contributed by atoms with van der Waals surface area (Å²) in [5.41, 5.74) is 0. The molecule has 0 rings (SSSR count). The van der Waals surface area contributed by atoms with Crippen LogP contribution in [0.3, 0.4) is 0 Å². The smallest absolute Gasteiger partial charge is 0.134 e. The molecular weight excluding hydrogens is 272 g/mol. The van der Waals surface area contributed by atoms with Crippen LogP contribution in [0.2, 0.25) is 0 Å². The summed E-state index contributed by atoms with van der Waals surface area (Å²) in [6, 6.07) is 0. The monoisotopic (exact) mass is 296 g/mol. The van der Waals surface area contributed by atoms with Crippen LogP contribution in [0.25, 0.3) is 0 Å². The lowest BCUT2D eigenvalue weighted by Gasteiger charge is -2.14. The fraction of sp³-hybridized carbons (Fsp3) is 0.647. The van der Waals surface area contributed by atoms with Crippen LogP contribution in [-0.4, -0.2) is 27.8 Å². The molecule has 0 spiro atoms. The Morgan fingerprint density at radius 3 is 2.50 bits per heavy atom. The topological polar surface area (TPSA) is 40.5 Å². The van der Waals surface area contributed by atoms with Gasteiger partial charge >= 0.3 is 0 Å². The van der Waals surface area contributed by atoms with E-state index in [-0.39, 0.29) is 5.38 Å². The quantitative estimate of drug-likeness (QED) is 0.297. The van der Waals surface area contributed by atoms with Crippen LogP contribution in [0.15, 0.2) is 12.7 Å².